The number of likely N-dealkylation sites (tertiary alicyclic amines) is 1. The van der Waals surface area contributed by atoms with Crippen molar-refractivity contribution in [3.8, 4) is 0 Å². The maximum absolute atomic E-state index is 4.75. The minimum atomic E-state index is 0. The molecule has 1 saturated heterocycles. The molecule has 0 bridgehead atoms. The van der Waals surface area contributed by atoms with Gasteiger partial charge in [0.1, 0.15) is 0 Å². The normalized spacial score (nSPS) is 21.4. The van der Waals surface area contributed by atoms with Gasteiger partial charge in [-0.15, -0.1) is 35.3 Å². The first kappa shape index (κ1) is 22.6. The SMILES string of the molecule is CCNC(=NCCc1csc(CC)n1)NC1CN(C(C)C)CC1C.I. The van der Waals surface area contributed by atoms with Gasteiger partial charge in [0.2, 0.25) is 0 Å². The lowest BCUT2D eigenvalue weighted by Gasteiger charge is -2.21. The van der Waals surface area contributed by atoms with E-state index >= 15 is 0 Å². The van der Waals surface area contributed by atoms with Crippen LogP contribution in [0.2, 0.25) is 0 Å². The van der Waals surface area contributed by atoms with Crippen LogP contribution in [0.25, 0.3) is 0 Å². The Kier molecular flexibility index (Phi) is 10.3. The second-order valence-electron chi connectivity index (χ2n) is 6.87. The molecule has 2 N–H and O–H groups in total. The zero-order valence-electron chi connectivity index (χ0n) is 16.2. The molecular weight excluding hydrogens is 445 g/mol. The van der Waals surface area contributed by atoms with Crippen LogP contribution in [0.1, 0.15) is 45.3 Å². The van der Waals surface area contributed by atoms with E-state index in [2.05, 4.69) is 60.5 Å². The Bertz CT molecular complexity index is 531. The van der Waals surface area contributed by atoms with Crippen LogP contribution in [0.4, 0.5) is 0 Å². The molecule has 2 unspecified atom stereocenters. The molecule has 0 radical (unpaired) electrons. The maximum Gasteiger partial charge on any atom is 0.191 e. The van der Waals surface area contributed by atoms with Crippen molar-refractivity contribution in [2.45, 2.75) is 59.5 Å². The predicted octanol–water partition coefficient (Wildman–Crippen LogP) is 3.15. The summed E-state index contributed by atoms with van der Waals surface area (Å²) in [5.41, 5.74) is 1.16. The Morgan fingerprint density at radius 3 is 2.72 bits per heavy atom. The van der Waals surface area contributed by atoms with Crippen molar-refractivity contribution in [2.75, 3.05) is 26.2 Å². The monoisotopic (exact) mass is 479 g/mol. The molecule has 1 aliphatic heterocycles. The highest BCUT2D eigenvalue weighted by molar-refractivity contribution is 14.0. The number of aromatic nitrogens is 1. The molecule has 0 saturated carbocycles. The standard InChI is InChI=1S/C18H33N5S.HI/c1-6-17-21-15(12-24-17)8-9-20-18(19-7-2)22-16-11-23(13(3)4)10-14(16)5;/h12-14,16H,6-11H2,1-5H3,(H2,19,20,22);1H. The zero-order chi connectivity index (χ0) is 17.5. The number of aryl methyl sites for hydroxylation is 1. The molecule has 0 aliphatic carbocycles. The van der Waals surface area contributed by atoms with Gasteiger partial charge in [-0.3, -0.25) is 9.89 Å². The van der Waals surface area contributed by atoms with E-state index in [0.29, 0.717) is 18.0 Å². The quantitative estimate of drug-likeness (QED) is 0.359. The van der Waals surface area contributed by atoms with E-state index in [4.69, 9.17) is 4.99 Å². The second-order valence-corrected chi connectivity index (χ2v) is 7.82. The summed E-state index contributed by atoms with van der Waals surface area (Å²) in [6.07, 6.45) is 1.93. The molecule has 2 atom stereocenters. The van der Waals surface area contributed by atoms with Crippen molar-refractivity contribution in [1.29, 1.82) is 0 Å². The van der Waals surface area contributed by atoms with Gasteiger partial charge < -0.3 is 10.6 Å². The van der Waals surface area contributed by atoms with E-state index < -0.39 is 0 Å². The summed E-state index contributed by atoms with van der Waals surface area (Å²) in [5, 5.41) is 10.4. The van der Waals surface area contributed by atoms with Crippen LogP contribution in [-0.2, 0) is 12.8 Å². The highest BCUT2D eigenvalue weighted by atomic mass is 127. The fourth-order valence-corrected chi connectivity index (χ4v) is 3.80. The Labute approximate surface area is 174 Å². The van der Waals surface area contributed by atoms with Crippen LogP contribution in [-0.4, -0.2) is 54.1 Å². The number of halogens is 1. The maximum atomic E-state index is 4.75. The van der Waals surface area contributed by atoms with E-state index in [1.165, 1.54) is 5.01 Å². The van der Waals surface area contributed by atoms with Crippen LogP contribution in [0.5, 0.6) is 0 Å². The summed E-state index contributed by atoms with van der Waals surface area (Å²) in [4.78, 5) is 11.9. The summed E-state index contributed by atoms with van der Waals surface area (Å²) in [6, 6.07) is 1.08. The van der Waals surface area contributed by atoms with Gasteiger partial charge in [-0.2, -0.15) is 0 Å². The van der Waals surface area contributed by atoms with Gasteiger partial charge >= 0.3 is 0 Å². The number of guanidine groups is 1. The first-order chi connectivity index (χ1) is 11.5. The summed E-state index contributed by atoms with van der Waals surface area (Å²) in [5.74, 6) is 1.58. The van der Waals surface area contributed by atoms with Gasteiger partial charge in [0, 0.05) is 50.1 Å². The molecule has 1 aromatic heterocycles. The van der Waals surface area contributed by atoms with E-state index in [1.807, 2.05) is 0 Å². The summed E-state index contributed by atoms with van der Waals surface area (Å²) < 4.78 is 0. The van der Waals surface area contributed by atoms with Crippen LogP contribution >= 0.6 is 35.3 Å². The molecule has 1 aliphatic rings. The molecular formula is C18H34IN5S. The van der Waals surface area contributed by atoms with Gasteiger partial charge in [0.15, 0.2) is 5.96 Å². The average Bonchev–Trinajstić information content (AvgIpc) is 3.15. The molecule has 5 nitrogen and oxygen atoms in total. The van der Waals surface area contributed by atoms with Gasteiger partial charge in [-0.1, -0.05) is 13.8 Å². The molecule has 0 aromatic carbocycles. The first-order valence-electron chi connectivity index (χ1n) is 9.25. The average molecular weight is 479 g/mol. The Morgan fingerprint density at radius 2 is 2.16 bits per heavy atom. The lowest BCUT2D eigenvalue weighted by molar-refractivity contribution is 0.265. The van der Waals surface area contributed by atoms with Crippen LogP contribution in [0, 0.1) is 5.92 Å². The van der Waals surface area contributed by atoms with Crippen molar-refractivity contribution < 1.29 is 0 Å². The summed E-state index contributed by atoms with van der Waals surface area (Å²) in [6.45, 7) is 15.0. The molecule has 0 amide bonds. The molecule has 25 heavy (non-hydrogen) atoms. The number of nitrogens with zero attached hydrogens (tertiary/aromatic N) is 3. The Hall–Kier alpha value is -0.410. The third-order valence-corrected chi connectivity index (χ3v) is 5.62. The summed E-state index contributed by atoms with van der Waals surface area (Å²) in [7, 11) is 0. The van der Waals surface area contributed by atoms with Crippen molar-refractivity contribution in [2.24, 2.45) is 10.9 Å². The van der Waals surface area contributed by atoms with Crippen molar-refractivity contribution in [3.05, 3.63) is 16.1 Å². The number of nitrogens with one attached hydrogen (secondary N) is 2. The van der Waals surface area contributed by atoms with E-state index in [9.17, 15) is 0 Å². The fourth-order valence-electron chi connectivity index (χ4n) is 3.02. The minimum Gasteiger partial charge on any atom is -0.357 e. The minimum absolute atomic E-state index is 0. The van der Waals surface area contributed by atoms with E-state index in [0.717, 1.165) is 50.7 Å². The van der Waals surface area contributed by atoms with Crippen LogP contribution in [0.3, 0.4) is 0 Å². The van der Waals surface area contributed by atoms with Gasteiger partial charge in [-0.25, -0.2) is 4.98 Å². The van der Waals surface area contributed by atoms with Crippen LogP contribution < -0.4 is 10.6 Å². The molecule has 1 aromatic rings. The number of hydrogen-bond donors (Lipinski definition) is 2. The summed E-state index contributed by atoms with van der Waals surface area (Å²) >= 11 is 1.75. The lowest BCUT2D eigenvalue weighted by Crippen LogP contribution is -2.47. The Balaban J connectivity index is 0.00000312. The topological polar surface area (TPSA) is 52.6 Å². The predicted molar refractivity (Wildman–Crippen MR) is 119 cm³/mol. The zero-order valence-corrected chi connectivity index (χ0v) is 19.4. The number of aliphatic imine (C=N–C) groups is 1. The first-order valence-corrected chi connectivity index (χ1v) is 10.1. The van der Waals surface area contributed by atoms with Gasteiger partial charge in [0.25, 0.3) is 0 Å². The number of rotatable bonds is 7. The molecule has 0 spiro atoms. The molecule has 1 fully saturated rings. The van der Waals surface area contributed by atoms with Crippen molar-refractivity contribution in [1.82, 2.24) is 20.5 Å². The molecule has 2 heterocycles. The van der Waals surface area contributed by atoms with Crippen molar-refractivity contribution >= 4 is 41.3 Å². The van der Waals surface area contributed by atoms with Gasteiger partial charge in [-0.05, 0) is 33.1 Å². The highest BCUT2D eigenvalue weighted by Crippen LogP contribution is 2.18. The highest BCUT2D eigenvalue weighted by Gasteiger charge is 2.31. The second kappa shape index (κ2) is 11.3. The molecule has 7 heteroatoms. The number of hydrogen-bond acceptors (Lipinski definition) is 4. The largest absolute Gasteiger partial charge is 0.357 e. The molecule has 2 rings (SSSR count). The lowest BCUT2D eigenvalue weighted by atomic mass is 10.1. The smallest absolute Gasteiger partial charge is 0.191 e. The Morgan fingerprint density at radius 1 is 1.40 bits per heavy atom. The van der Waals surface area contributed by atoms with E-state index in [-0.39, 0.29) is 24.0 Å². The number of thiazole rings is 1. The van der Waals surface area contributed by atoms with Gasteiger partial charge in [0.05, 0.1) is 10.7 Å². The third kappa shape index (κ3) is 7.02. The van der Waals surface area contributed by atoms with Crippen LogP contribution in [0.15, 0.2) is 10.4 Å². The molecule has 144 valence electrons. The fraction of sp³-hybridized carbons (Fsp3) is 0.778. The van der Waals surface area contributed by atoms with Crippen molar-refractivity contribution in [3.63, 3.8) is 0 Å². The third-order valence-electron chi connectivity index (χ3n) is 4.58. The van der Waals surface area contributed by atoms with E-state index in [1.54, 1.807) is 11.3 Å².